The number of rotatable bonds is 5. The molecule has 0 radical (unpaired) electrons. The molecule has 2 heterocycles. The molecule has 4 aromatic carbocycles. The van der Waals surface area contributed by atoms with Crippen LogP contribution in [0.2, 0.25) is 0 Å². The fraction of sp³-hybridized carbons (Fsp3) is 0.0968. The first-order valence-corrected chi connectivity index (χ1v) is 12.9. The minimum Gasteiger partial charge on any atom is -0.332 e. The van der Waals surface area contributed by atoms with Gasteiger partial charge in [-0.15, -0.1) is 0 Å². The molecule has 2 atom stereocenters. The van der Waals surface area contributed by atoms with Gasteiger partial charge < -0.3 is 4.90 Å². The van der Waals surface area contributed by atoms with E-state index in [1.807, 2.05) is 35.0 Å². The van der Waals surface area contributed by atoms with Gasteiger partial charge in [0.15, 0.2) is 4.87 Å². The van der Waals surface area contributed by atoms with Crippen molar-refractivity contribution in [3.63, 3.8) is 0 Å². The number of aliphatic imine (C=N–C) groups is 1. The van der Waals surface area contributed by atoms with Crippen LogP contribution >= 0.6 is 11.9 Å². The molecule has 4 aromatic rings. The summed E-state index contributed by atoms with van der Waals surface area (Å²) in [6.07, 6.45) is 4.23. The molecule has 1 spiro atoms. The van der Waals surface area contributed by atoms with E-state index in [4.69, 9.17) is 10.1 Å². The Morgan fingerprint density at radius 2 is 1.25 bits per heavy atom. The van der Waals surface area contributed by atoms with Gasteiger partial charge in [0.05, 0.1) is 18.1 Å². The molecular weight excluding hydrogens is 460 g/mol. The summed E-state index contributed by atoms with van der Waals surface area (Å²) < 4.78 is 2.01. The van der Waals surface area contributed by atoms with Crippen LogP contribution in [0, 0.1) is 0 Å². The summed E-state index contributed by atoms with van der Waals surface area (Å²) in [5.74, 6) is 0. The fourth-order valence-corrected chi connectivity index (χ4v) is 5.82. The predicted octanol–water partition coefficient (Wildman–Crippen LogP) is 7.40. The number of benzene rings is 4. The molecule has 4 nitrogen and oxygen atoms in total. The number of anilines is 1. The van der Waals surface area contributed by atoms with E-state index >= 15 is 0 Å². The minimum atomic E-state index is -0.717. The highest BCUT2D eigenvalue weighted by Gasteiger charge is 2.50. The highest BCUT2D eigenvalue weighted by molar-refractivity contribution is 8.03. The molecule has 0 aromatic heterocycles. The summed E-state index contributed by atoms with van der Waals surface area (Å²) >= 11 is 1.64. The Hall–Kier alpha value is -4.09. The maximum atomic E-state index is 5.30. The third-order valence-electron chi connectivity index (χ3n) is 6.58. The molecule has 0 bridgehead atoms. The van der Waals surface area contributed by atoms with Gasteiger partial charge in [0, 0.05) is 29.3 Å². The molecule has 36 heavy (non-hydrogen) atoms. The zero-order chi connectivity index (χ0) is 24.4. The third-order valence-corrected chi connectivity index (χ3v) is 7.83. The van der Waals surface area contributed by atoms with Crippen LogP contribution in [0.25, 0.3) is 5.57 Å². The Morgan fingerprint density at radius 3 is 1.89 bits per heavy atom. The van der Waals surface area contributed by atoms with Crippen molar-refractivity contribution in [3.8, 4) is 0 Å². The molecule has 2 unspecified atom stereocenters. The first-order valence-electron chi connectivity index (χ1n) is 12.1. The van der Waals surface area contributed by atoms with Crippen LogP contribution in [-0.2, 0) is 0 Å². The second-order valence-corrected chi connectivity index (χ2v) is 9.96. The van der Waals surface area contributed by atoms with E-state index < -0.39 is 4.87 Å². The monoisotopic (exact) mass is 486 g/mol. The van der Waals surface area contributed by atoms with Crippen molar-refractivity contribution in [1.82, 2.24) is 4.90 Å². The number of para-hydroxylation sites is 1. The SMILES string of the molecule is CC(c1ccccc1)N1C=NC2(SN(c3ccccc3)N=C2c2ccccc2)C(c2ccccc2)=C1. The number of hydrogen-bond acceptors (Lipinski definition) is 5. The van der Waals surface area contributed by atoms with E-state index in [0.29, 0.717) is 0 Å². The van der Waals surface area contributed by atoms with Crippen molar-refractivity contribution in [1.29, 1.82) is 0 Å². The molecule has 0 aliphatic carbocycles. The third kappa shape index (κ3) is 4.01. The Morgan fingerprint density at radius 1 is 0.694 bits per heavy atom. The molecule has 2 aliphatic heterocycles. The molecule has 0 fully saturated rings. The zero-order valence-electron chi connectivity index (χ0n) is 20.0. The summed E-state index contributed by atoms with van der Waals surface area (Å²) in [5.41, 5.74) is 6.49. The Kier molecular flexibility index (Phi) is 5.91. The lowest BCUT2D eigenvalue weighted by atomic mass is 9.90. The van der Waals surface area contributed by atoms with Gasteiger partial charge in [0.2, 0.25) is 0 Å². The van der Waals surface area contributed by atoms with Gasteiger partial charge in [-0.2, -0.15) is 5.10 Å². The van der Waals surface area contributed by atoms with Crippen LogP contribution in [0.15, 0.2) is 138 Å². The molecule has 0 N–H and O–H groups in total. The first-order chi connectivity index (χ1) is 17.7. The van der Waals surface area contributed by atoms with Crippen LogP contribution in [0.4, 0.5) is 5.69 Å². The van der Waals surface area contributed by atoms with E-state index in [9.17, 15) is 0 Å². The summed E-state index contributed by atoms with van der Waals surface area (Å²) in [7, 11) is 0. The molecule has 0 saturated heterocycles. The van der Waals surface area contributed by atoms with Crippen LogP contribution in [0.3, 0.4) is 0 Å². The topological polar surface area (TPSA) is 31.2 Å². The lowest BCUT2D eigenvalue weighted by Crippen LogP contribution is -2.39. The highest BCUT2D eigenvalue weighted by Crippen LogP contribution is 2.52. The zero-order valence-corrected chi connectivity index (χ0v) is 20.8. The number of hydrazone groups is 1. The molecule has 2 aliphatic rings. The highest BCUT2D eigenvalue weighted by atomic mass is 32.2. The summed E-state index contributed by atoms with van der Waals surface area (Å²) in [6, 6.07) is 41.9. The van der Waals surface area contributed by atoms with Crippen LogP contribution in [-0.4, -0.2) is 21.8 Å². The Balaban J connectivity index is 1.50. The van der Waals surface area contributed by atoms with Gasteiger partial charge in [0.1, 0.15) is 5.71 Å². The van der Waals surface area contributed by atoms with Crippen LogP contribution in [0.5, 0.6) is 0 Å². The van der Waals surface area contributed by atoms with Crippen molar-refractivity contribution in [2.24, 2.45) is 10.1 Å². The maximum absolute atomic E-state index is 5.30. The Labute approximate surface area is 216 Å². The standard InChI is InChI=1S/C31H26N4S/c1-24(25-14-6-2-7-15-25)34-22-29(26-16-8-3-9-17-26)31(32-23-34)30(27-18-10-4-11-19-27)33-35(36-31)28-20-12-5-13-21-28/h2-24H,1H3. The quantitative estimate of drug-likeness (QED) is 0.275. The van der Waals surface area contributed by atoms with E-state index in [2.05, 4.69) is 115 Å². The van der Waals surface area contributed by atoms with Gasteiger partial charge in [-0.3, -0.25) is 0 Å². The molecule has 6 rings (SSSR count). The normalized spacial score (nSPS) is 19.8. The molecule has 0 saturated carbocycles. The van der Waals surface area contributed by atoms with Gasteiger partial charge in [-0.1, -0.05) is 109 Å². The van der Waals surface area contributed by atoms with E-state index in [0.717, 1.165) is 28.1 Å². The number of nitrogens with zero attached hydrogens (tertiary/aromatic N) is 4. The first kappa shape index (κ1) is 22.4. The summed E-state index contributed by atoms with van der Waals surface area (Å²) in [4.78, 5) is 6.79. The lowest BCUT2D eigenvalue weighted by Gasteiger charge is -2.36. The van der Waals surface area contributed by atoms with Crippen LogP contribution in [0.1, 0.15) is 29.7 Å². The smallest absolute Gasteiger partial charge is 0.200 e. The molecule has 0 amide bonds. The van der Waals surface area contributed by atoms with Crippen LogP contribution < -0.4 is 4.41 Å². The summed E-state index contributed by atoms with van der Waals surface area (Å²) in [5, 5.41) is 5.15. The van der Waals surface area contributed by atoms with E-state index in [1.165, 1.54) is 5.56 Å². The molecule has 5 heteroatoms. The van der Waals surface area contributed by atoms with E-state index in [-0.39, 0.29) is 6.04 Å². The van der Waals surface area contributed by atoms with Crippen molar-refractivity contribution in [3.05, 3.63) is 144 Å². The van der Waals surface area contributed by atoms with Gasteiger partial charge >= 0.3 is 0 Å². The molecular formula is C31H26N4S. The van der Waals surface area contributed by atoms with Gasteiger partial charge in [-0.25, -0.2) is 9.41 Å². The lowest BCUT2D eigenvalue weighted by molar-refractivity contribution is 0.448. The Bertz CT molecular complexity index is 1420. The van der Waals surface area contributed by atoms with Gasteiger partial charge in [-0.05, 0) is 30.2 Å². The van der Waals surface area contributed by atoms with Gasteiger partial charge in [0.25, 0.3) is 0 Å². The average Bonchev–Trinajstić information content (AvgIpc) is 3.34. The van der Waals surface area contributed by atoms with Crippen molar-refractivity contribution < 1.29 is 0 Å². The van der Waals surface area contributed by atoms with Crippen molar-refractivity contribution in [2.45, 2.75) is 17.8 Å². The minimum absolute atomic E-state index is 0.139. The van der Waals surface area contributed by atoms with Crippen molar-refractivity contribution in [2.75, 3.05) is 4.41 Å². The van der Waals surface area contributed by atoms with E-state index in [1.54, 1.807) is 11.9 Å². The second kappa shape index (κ2) is 9.51. The second-order valence-electron chi connectivity index (χ2n) is 8.85. The molecule has 176 valence electrons. The number of hydrogen-bond donors (Lipinski definition) is 0. The maximum Gasteiger partial charge on any atom is 0.200 e. The summed E-state index contributed by atoms with van der Waals surface area (Å²) in [6.45, 7) is 2.21. The van der Waals surface area contributed by atoms with Crippen molar-refractivity contribution >= 4 is 35.3 Å². The largest absolute Gasteiger partial charge is 0.332 e. The fourth-order valence-electron chi connectivity index (χ4n) is 4.61. The predicted molar refractivity (Wildman–Crippen MR) is 152 cm³/mol. The average molecular weight is 487 g/mol.